The summed E-state index contributed by atoms with van der Waals surface area (Å²) in [6.45, 7) is 7.30. The van der Waals surface area contributed by atoms with E-state index in [9.17, 15) is 10.2 Å². The minimum atomic E-state index is 0.242. The molecule has 0 aromatic heterocycles. The fourth-order valence-corrected chi connectivity index (χ4v) is 1.97. The Morgan fingerprint density at radius 2 is 1.05 bits per heavy atom. The third kappa shape index (κ3) is 2.36. The fraction of sp³-hybridized carbons (Fsp3) is 0.250. The second kappa shape index (κ2) is 4.84. The molecule has 100 valence electrons. The Morgan fingerprint density at radius 3 is 1.42 bits per heavy atom. The highest BCUT2D eigenvalue weighted by Crippen LogP contribution is 2.36. The average molecular weight is 258 g/mol. The molecule has 2 N–H and O–H groups in total. The summed E-state index contributed by atoms with van der Waals surface area (Å²) in [5.74, 6) is 1.67. The van der Waals surface area contributed by atoms with Crippen molar-refractivity contribution in [2.45, 2.75) is 27.7 Å². The topological polar surface area (TPSA) is 49.7 Å². The molecular formula is C16H18O3. The SMILES string of the molecule is Cc1ccc(Oc2ccc(C)c(O)c2C)c(C)c1O. The molecule has 0 aliphatic rings. The molecule has 0 saturated carbocycles. The number of aromatic hydroxyl groups is 2. The van der Waals surface area contributed by atoms with E-state index in [2.05, 4.69) is 0 Å². The predicted molar refractivity (Wildman–Crippen MR) is 75.2 cm³/mol. The minimum absolute atomic E-state index is 0.242. The molecule has 0 fully saturated rings. The molecule has 2 rings (SSSR count). The maximum atomic E-state index is 9.90. The number of phenols is 2. The highest BCUT2D eigenvalue weighted by molar-refractivity contribution is 5.53. The van der Waals surface area contributed by atoms with Crippen molar-refractivity contribution in [3.63, 3.8) is 0 Å². The molecule has 0 saturated heterocycles. The molecular weight excluding hydrogens is 240 g/mol. The number of benzene rings is 2. The molecule has 0 heterocycles. The van der Waals surface area contributed by atoms with Crippen LogP contribution in [-0.4, -0.2) is 10.2 Å². The highest BCUT2D eigenvalue weighted by atomic mass is 16.5. The summed E-state index contributed by atoms with van der Waals surface area (Å²) in [5.41, 5.74) is 3.01. The minimum Gasteiger partial charge on any atom is -0.507 e. The molecule has 0 amide bonds. The molecule has 0 aliphatic heterocycles. The van der Waals surface area contributed by atoms with Gasteiger partial charge in [0.25, 0.3) is 0 Å². The molecule has 3 nitrogen and oxygen atoms in total. The number of phenolic OH excluding ortho intramolecular Hbond substituents is 2. The highest BCUT2D eigenvalue weighted by Gasteiger charge is 2.12. The summed E-state index contributed by atoms with van der Waals surface area (Å²) in [4.78, 5) is 0. The first-order chi connectivity index (χ1) is 8.91. The van der Waals surface area contributed by atoms with Crippen molar-refractivity contribution in [2.75, 3.05) is 0 Å². The summed E-state index contributed by atoms with van der Waals surface area (Å²) in [5, 5.41) is 19.8. The second-order valence-corrected chi connectivity index (χ2v) is 4.81. The zero-order valence-corrected chi connectivity index (χ0v) is 11.6. The average Bonchev–Trinajstić information content (AvgIpc) is 2.39. The van der Waals surface area contributed by atoms with Gasteiger partial charge >= 0.3 is 0 Å². The Labute approximate surface area is 113 Å². The monoisotopic (exact) mass is 258 g/mol. The van der Waals surface area contributed by atoms with Crippen LogP contribution in [0, 0.1) is 27.7 Å². The fourth-order valence-electron chi connectivity index (χ4n) is 1.97. The first-order valence-corrected chi connectivity index (χ1v) is 6.18. The van der Waals surface area contributed by atoms with Gasteiger partial charge in [-0.1, -0.05) is 12.1 Å². The molecule has 19 heavy (non-hydrogen) atoms. The molecule has 0 bridgehead atoms. The summed E-state index contributed by atoms with van der Waals surface area (Å²) >= 11 is 0. The van der Waals surface area contributed by atoms with Crippen molar-refractivity contribution in [3.8, 4) is 23.0 Å². The van der Waals surface area contributed by atoms with Gasteiger partial charge in [-0.2, -0.15) is 0 Å². The first kappa shape index (κ1) is 13.3. The van der Waals surface area contributed by atoms with E-state index in [0.717, 1.165) is 11.1 Å². The zero-order valence-electron chi connectivity index (χ0n) is 11.6. The van der Waals surface area contributed by atoms with E-state index >= 15 is 0 Å². The van der Waals surface area contributed by atoms with E-state index in [1.807, 2.05) is 26.0 Å². The van der Waals surface area contributed by atoms with E-state index in [1.165, 1.54) is 0 Å². The Bertz CT molecular complexity index is 575. The lowest BCUT2D eigenvalue weighted by Gasteiger charge is -2.14. The molecule has 0 atom stereocenters. The smallest absolute Gasteiger partial charge is 0.134 e. The molecule has 0 radical (unpaired) electrons. The predicted octanol–water partition coefficient (Wildman–Crippen LogP) is 4.12. The van der Waals surface area contributed by atoms with Crippen LogP contribution >= 0.6 is 0 Å². The van der Waals surface area contributed by atoms with Crippen LogP contribution in [0.2, 0.25) is 0 Å². The third-order valence-electron chi connectivity index (χ3n) is 3.39. The Balaban J connectivity index is 2.43. The Kier molecular flexibility index (Phi) is 3.38. The van der Waals surface area contributed by atoms with Crippen molar-refractivity contribution >= 4 is 0 Å². The Morgan fingerprint density at radius 1 is 0.684 bits per heavy atom. The van der Waals surface area contributed by atoms with Gasteiger partial charge in [0.05, 0.1) is 0 Å². The number of rotatable bonds is 2. The van der Waals surface area contributed by atoms with Gasteiger partial charge in [-0.3, -0.25) is 0 Å². The second-order valence-electron chi connectivity index (χ2n) is 4.81. The number of hydrogen-bond donors (Lipinski definition) is 2. The zero-order chi connectivity index (χ0) is 14.2. The van der Waals surface area contributed by atoms with Crippen LogP contribution in [0.4, 0.5) is 0 Å². The normalized spacial score (nSPS) is 10.5. The van der Waals surface area contributed by atoms with Gasteiger partial charge in [0.1, 0.15) is 23.0 Å². The van der Waals surface area contributed by atoms with Gasteiger partial charge in [0.2, 0.25) is 0 Å². The van der Waals surface area contributed by atoms with Gasteiger partial charge in [0.15, 0.2) is 0 Å². The van der Waals surface area contributed by atoms with E-state index < -0.39 is 0 Å². The standard InChI is InChI=1S/C16H18O3/c1-9-5-7-13(11(3)15(9)17)19-14-8-6-10(2)16(18)12(14)4/h5-8,17-18H,1-4H3. The summed E-state index contributed by atoms with van der Waals surface area (Å²) in [6, 6.07) is 7.25. The van der Waals surface area contributed by atoms with Gasteiger partial charge in [0, 0.05) is 11.1 Å². The summed E-state index contributed by atoms with van der Waals surface area (Å²) in [6.07, 6.45) is 0. The third-order valence-corrected chi connectivity index (χ3v) is 3.39. The van der Waals surface area contributed by atoms with Crippen LogP contribution in [0.5, 0.6) is 23.0 Å². The van der Waals surface area contributed by atoms with Gasteiger partial charge < -0.3 is 14.9 Å². The molecule has 0 aliphatic carbocycles. The largest absolute Gasteiger partial charge is 0.507 e. The van der Waals surface area contributed by atoms with E-state index in [1.54, 1.807) is 26.0 Å². The molecule has 0 spiro atoms. The first-order valence-electron chi connectivity index (χ1n) is 6.18. The van der Waals surface area contributed by atoms with Crippen LogP contribution in [0.3, 0.4) is 0 Å². The molecule has 0 unspecified atom stereocenters. The van der Waals surface area contributed by atoms with Crippen molar-refractivity contribution in [1.82, 2.24) is 0 Å². The van der Waals surface area contributed by atoms with Gasteiger partial charge in [-0.05, 0) is 51.0 Å². The lowest BCUT2D eigenvalue weighted by molar-refractivity contribution is 0.433. The number of aryl methyl sites for hydroxylation is 2. The summed E-state index contributed by atoms with van der Waals surface area (Å²) < 4.78 is 5.79. The maximum absolute atomic E-state index is 9.90. The van der Waals surface area contributed by atoms with E-state index in [-0.39, 0.29) is 11.5 Å². The van der Waals surface area contributed by atoms with Crippen LogP contribution in [-0.2, 0) is 0 Å². The van der Waals surface area contributed by atoms with Crippen LogP contribution < -0.4 is 4.74 Å². The molecule has 2 aromatic rings. The van der Waals surface area contributed by atoms with Crippen LogP contribution in [0.1, 0.15) is 22.3 Å². The molecule has 3 heteroatoms. The lowest BCUT2D eigenvalue weighted by atomic mass is 10.1. The van der Waals surface area contributed by atoms with E-state index in [0.29, 0.717) is 22.6 Å². The van der Waals surface area contributed by atoms with Gasteiger partial charge in [-0.15, -0.1) is 0 Å². The van der Waals surface area contributed by atoms with Crippen molar-refractivity contribution in [1.29, 1.82) is 0 Å². The van der Waals surface area contributed by atoms with E-state index in [4.69, 9.17) is 4.74 Å². The lowest BCUT2D eigenvalue weighted by Crippen LogP contribution is -1.92. The molecule has 2 aromatic carbocycles. The quantitative estimate of drug-likeness (QED) is 0.851. The van der Waals surface area contributed by atoms with Crippen molar-refractivity contribution in [3.05, 3.63) is 46.5 Å². The summed E-state index contributed by atoms with van der Waals surface area (Å²) in [7, 11) is 0. The van der Waals surface area contributed by atoms with Crippen molar-refractivity contribution in [2.24, 2.45) is 0 Å². The Hall–Kier alpha value is -2.16. The van der Waals surface area contributed by atoms with Crippen LogP contribution in [0.25, 0.3) is 0 Å². The van der Waals surface area contributed by atoms with Gasteiger partial charge in [-0.25, -0.2) is 0 Å². The van der Waals surface area contributed by atoms with Crippen molar-refractivity contribution < 1.29 is 14.9 Å². The number of hydrogen-bond acceptors (Lipinski definition) is 3. The maximum Gasteiger partial charge on any atom is 0.134 e. The number of ether oxygens (including phenoxy) is 1. The van der Waals surface area contributed by atoms with Crippen LogP contribution in [0.15, 0.2) is 24.3 Å².